The van der Waals surface area contributed by atoms with Gasteiger partial charge >= 0.3 is 0 Å². The van der Waals surface area contributed by atoms with Crippen molar-refractivity contribution in [2.75, 3.05) is 18.4 Å². The van der Waals surface area contributed by atoms with Crippen LogP contribution in [0.5, 0.6) is 0 Å². The highest BCUT2D eigenvalue weighted by Crippen LogP contribution is 2.31. The molecule has 1 fully saturated rings. The first-order chi connectivity index (χ1) is 17.8. The Labute approximate surface area is 214 Å². The summed E-state index contributed by atoms with van der Waals surface area (Å²) < 4.78 is 4.49. The lowest BCUT2D eigenvalue weighted by Crippen LogP contribution is -2.41. The molecular weight excluding hydrogens is 468 g/mol. The second-order valence-corrected chi connectivity index (χ2v) is 10.0. The van der Waals surface area contributed by atoms with Gasteiger partial charge in [0.2, 0.25) is 5.95 Å². The third-order valence-corrected chi connectivity index (χ3v) is 6.93. The Kier molecular flexibility index (Phi) is 6.51. The second kappa shape index (κ2) is 9.78. The van der Waals surface area contributed by atoms with Gasteiger partial charge in [-0.25, -0.2) is 19.0 Å². The number of aromatic nitrogens is 6. The van der Waals surface area contributed by atoms with Crippen LogP contribution in [-0.2, 0) is 12.0 Å². The second-order valence-electron chi connectivity index (χ2n) is 10.0. The Morgan fingerprint density at radius 2 is 1.97 bits per heavy atom. The van der Waals surface area contributed by atoms with Gasteiger partial charge in [-0.15, -0.1) is 11.7 Å². The zero-order valence-corrected chi connectivity index (χ0v) is 21.4. The Hall–Kier alpha value is -4.05. The first kappa shape index (κ1) is 24.6. The van der Waals surface area contributed by atoms with E-state index < -0.39 is 0 Å². The zero-order chi connectivity index (χ0) is 26.2. The van der Waals surface area contributed by atoms with Gasteiger partial charge in [-0.1, -0.05) is 25.1 Å². The van der Waals surface area contributed by atoms with E-state index in [0.29, 0.717) is 22.8 Å². The Morgan fingerprint density at radius 3 is 2.65 bits per heavy atom. The van der Waals surface area contributed by atoms with Crippen molar-refractivity contribution in [1.82, 2.24) is 34.4 Å². The minimum Gasteiger partial charge on any atom is -0.324 e. The molecule has 1 aliphatic rings. The van der Waals surface area contributed by atoms with Crippen molar-refractivity contribution < 1.29 is 0 Å². The molecule has 0 bridgehead atoms. The first-order valence-electron chi connectivity index (χ1n) is 12.6. The highest BCUT2D eigenvalue weighted by Gasteiger charge is 2.28. The summed E-state index contributed by atoms with van der Waals surface area (Å²) in [6.45, 7) is 12.1. The maximum absolute atomic E-state index is 13.2. The molecule has 1 atom stereocenters. The maximum Gasteiger partial charge on any atom is 0.278 e. The number of allylic oxidation sites excluding steroid dienone is 1. The quantitative estimate of drug-likeness (QED) is 0.375. The van der Waals surface area contributed by atoms with Crippen LogP contribution in [0.2, 0.25) is 0 Å². The fourth-order valence-corrected chi connectivity index (χ4v) is 4.89. The normalized spacial score (nSPS) is 17.8. The number of benzene rings is 1. The van der Waals surface area contributed by atoms with Crippen LogP contribution < -0.4 is 21.8 Å². The van der Waals surface area contributed by atoms with Crippen molar-refractivity contribution in [1.29, 1.82) is 0 Å². The van der Waals surface area contributed by atoms with E-state index in [9.17, 15) is 9.59 Å². The van der Waals surface area contributed by atoms with Gasteiger partial charge in [0.15, 0.2) is 11.5 Å². The Balaban J connectivity index is 1.54. The number of hydrogen-bond acceptors (Lipinski definition) is 7. The minimum atomic E-state index is -0.260. The minimum absolute atomic E-state index is 0.121. The van der Waals surface area contributed by atoms with Crippen LogP contribution in [0, 0.1) is 0 Å². The molecule has 10 heteroatoms. The molecule has 1 aromatic carbocycles. The zero-order valence-electron chi connectivity index (χ0n) is 21.4. The highest BCUT2D eigenvalue weighted by molar-refractivity contribution is 5.77. The van der Waals surface area contributed by atoms with Gasteiger partial charge in [-0.2, -0.15) is 4.98 Å². The smallest absolute Gasteiger partial charge is 0.278 e. The van der Waals surface area contributed by atoms with Crippen LogP contribution in [0.15, 0.2) is 64.8 Å². The maximum atomic E-state index is 13.2. The molecule has 4 heterocycles. The van der Waals surface area contributed by atoms with Gasteiger partial charge in [0.25, 0.3) is 11.1 Å². The number of anilines is 2. The molecule has 4 aromatic rings. The van der Waals surface area contributed by atoms with E-state index in [-0.39, 0.29) is 29.1 Å². The van der Waals surface area contributed by atoms with Crippen molar-refractivity contribution in [2.24, 2.45) is 0 Å². The van der Waals surface area contributed by atoms with Gasteiger partial charge < -0.3 is 10.6 Å². The lowest BCUT2D eigenvalue weighted by molar-refractivity contribution is 0.339. The fraction of sp³-hybridized carbons (Fsp3) is 0.370. The van der Waals surface area contributed by atoms with E-state index in [0.717, 1.165) is 25.2 Å². The number of hydrogen-bond donors (Lipinski definition) is 2. The molecule has 2 N–H and O–H groups in total. The number of nitrogens with one attached hydrogen (secondary N) is 2. The van der Waals surface area contributed by atoms with E-state index in [1.54, 1.807) is 16.8 Å². The molecule has 10 nitrogen and oxygen atoms in total. The van der Waals surface area contributed by atoms with Gasteiger partial charge in [-0.3, -0.25) is 9.59 Å². The van der Waals surface area contributed by atoms with Crippen molar-refractivity contribution in [3.63, 3.8) is 0 Å². The van der Waals surface area contributed by atoms with Crippen molar-refractivity contribution in [2.45, 2.75) is 51.6 Å². The Bertz CT molecular complexity index is 1560. The van der Waals surface area contributed by atoms with E-state index in [1.165, 1.54) is 33.6 Å². The van der Waals surface area contributed by atoms with Crippen molar-refractivity contribution in [3.8, 4) is 5.82 Å². The molecule has 0 spiro atoms. The van der Waals surface area contributed by atoms with Crippen LogP contribution in [-0.4, -0.2) is 42.2 Å². The third-order valence-electron chi connectivity index (χ3n) is 6.93. The van der Waals surface area contributed by atoms with Crippen LogP contribution in [0.3, 0.4) is 0 Å². The van der Waals surface area contributed by atoms with Crippen molar-refractivity contribution in [3.05, 3.63) is 81.5 Å². The summed E-state index contributed by atoms with van der Waals surface area (Å²) >= 11 is 0. The van der Waals surface area contributed by atoms with Crippen LogP contribution >= 0.6 is 0 Å². The summed E-state index contributed by atoms with van der Waals surface area (Å²) in [5.74, 6) is 0.762. The monoisotopic (exact) mass is 500 g/mol. The molecule has 0 radical (unpaired) electrons. The standard InChI is InChI=1S/C27H32N8O2/c1-5-15-33-25(37)21-16-29-26(30-20-9-7-19(8-10-20)27(4)13-6-14-28-17-27)31-24(21)35(33)22-11-12-23(36)34(32-22)18(2)3/h5,7-12,16,18,28H,1,6,13-15,17H2,2-4H3,(H,29,30,31). The van der Waals surface area contributed by atoms with Crippen LogP contribution in [0.1, 0.15) is 45.2 Å². The molecule has 192 valence electrons. The van der Waals surface area contributed by atoms with Gasteiger partial charge in [-0.05, 0) is 57.0 Å². The molecule has 5 rings (SSSR count). The topological polar surface area (TPSA) is 112 Å². The van der Waals surface area contributed by atoms with Crippen LogP contribution in [0.4, 0.5) is 11.6 Å². The summed E-state index contributed by atoms with van der Waals surface area (Å²) in [6, 6.07) is 11.2. The molecule has 1 saturated heterocycles. The third kappa shape index (κ3) is 4.60. The van der Waals surface area contributed by atoms with Crippen LogP contribution in [0.25, 0.3) is 16.9 Å². The molecular formula is C27H32N8O2. The fourth-order valence-electron chi connectivity index (χ4n) is 4.89. The number of fused-ring (bicyclic) bond motifs is 1. The SMILES string of the molecule is C=CCn1c(=O)c2cnc(Nc3ccc(C4(C)CCCNC4)cc3)nc2n1-c1ccc(=O)n(C(C)C)n1. The molecule has 0 aliphatic carbocycles. The van der Waals surface area contributed by atoms with Gasteiger partial charge in [0.1, 0.15) is 5.39 Å². The van der Waals surface area contributed by atoms with E-state index in [4.69, 9.17) is 0 Å². The van der Waals surface area contributed by atoms with E-state index >= 15 is 0 Å². The molecule has 1 unspecified atom stereocenters. The predicted octanol–water partition coefficient (Wildman–Crippen LogP) is 3.29. The molecule has 1 aliphatic heterocycles. The van der Waals surface area contributed by atoms with Gasteiger partial charge in [0.05, 0.1) is 12.6 Å². The summed E-state index contributed by atoms with van der Waals surface area (Å²) in [5, 5.41) is 11.6. The lowest BCUT2D eigenvalue weighted by Gasteiger charge is -2.34. The number of piperidine rings is 1. The average molecular weight is 501 g/mol. The lowest BCUT2D eigenvalue weighted by atomic mass is 9.76. The summed E-state index contributed by atoms with van der Waals surface area (Å²) in [7, 11) is 0. The van der Waals surface area contributed by atoms with E-state index in [2.05, 4.69) is 51.3 Å². The summed E-state index contributed by atoms with van der Waals surface area (Å²) in [4.78, 5) is 34.5. The predicted molar refractivity (Wildman–Crippen MR) is 145 cm³/mol. The average Bonchev–Trinajstić information content (AvgIpc) is 3.16. The van der Waals surface area contributed by atoms with Gasteiger partial charge in [0, 0.05) is 29.9 Å². The largest absolute Gasteiger partial charge is 0.324 e. The molecule has 37 heavy (non-hydrogen) atoms. The number of rotatable bonds is 7. The Morgan fingerprint density at radius 1 is 1.19 bits per heavy atom. The molecule has 3 aromatic heterocycles. The highest BCUT2D eigenvalue weighted by atomic mass is 16.1. The molecule has 0 saturated carbocycles. The van der Waals surface area contributed by atoms with Crippen molar-refractivity contribution >= 4 is 22.7 Å². The van der Waals surface area contributed by atoms with E-state index in [1.807, 2.05) is 26.0 Å². The summed E-state index contributed by atoms with van der Waals surface area (Å²) in [6.07, 6.45) is 5.47. The summed E-state index contributed by atoms with van der Waals surface area (Å²) in [5.41, 5.74) is 2.18. The molecule has 0 amide bonds. The first-order valence-corrected chi connectivity index (χ1v) is 12.6. The number of nitrogens with zero attached hydrogens (tertiary/aromatic N) is 6.